The van der Waals surface area contributed by atoms with Crippen LogP contribution in [0.1, 0.15) is 17.5 Å². The molecule has 1 heterocycles. The molecule has 0 unspecified atom stereocenters. The molecule has 0 bridgehead atoms. The topological polar surface area (TPSA) is 86.3 Å². The van der Waals surface area contributed by atoms with Crippen LogP contribution in [-0.4, -0.2) is 23.6 Å². The van der Waals surface area contributed by atoms with Gasteiger partial charge in [0, 0.05) is 32.3 Å². The normalized spacial score (nSPS) is 10.4. The molecule has 2 aromatic rings. The Bertz CT molecular complexity index is 723. The standard InChI is InChI=1S/C18H23N3O3/c1-14-4-6-15(7-5-14)13-24-16-3-2-11-21(18(16)23)12-8-17(22)20-10-9-19/h2-7,11H,8-10,12-13,19H2,1H3,(H,20,22). The molecule has 0 aliphatic carbocycles. The maximum atomic E-state index is 12.4. The minimum Gasteiger partial charge on any atom is -0.483 e. The van der Waals surface area contributed by atoms with Gasteiger partial charge >= 0.3 is 0 Å². The number of carbonyl (C=O) groups excluding carboxylic acids is 1. The molecule has 0 fully saturated rings. The van der Waals surface area contributed by atoms with Crippen LogP contribution in [0, 0.1) is 6.92 Å². The number of nitrogens with one attached hydrogen (secondary N) is 1. The highest BCUT2D eigenvalue weighted by atomic mass is 16.5. The van der Waals surface area contributed by atoms with Crippen LogP contribution in [0.25, 0.3) is 0 Å². The maximum absolute atomic E-state index is 12.4. The van der Waals surface area contributed by atoms with Gasteiger partial charge < -0.3 is 20.4 Å². The van der Waals surface area contributed by atoms with E-state index in [-0.39, 0.29) is 23.6 Å². The van der Waals surface area contributed by atoms with Crippen LogP contribution >= 0.6 is 0 Å². The van der Waals surface area contributed by atoms with Crippen LogP contribution in [0.5, 0.6) is 5.75 Å². The van der Waals surface area contributed by atoms with E-state index in [2.05, 4.69) is 5.32 Å². The summed E-state index contributed by atoms with van der Waals surface area (Å²) in [4.78, 5) is 24.0. The Morgan fingerprint density at radius 3 is 2.71 bits per heavy atom. The van der Waals surface area contributed by atoms with Crippen molar-refractivity contribution >= 4 is 5.91 Å². The van der Waals surface area contributed by atoms with E-state index in [9.17, 15) is 9.59 Å². The number of aromatic nitrogens is 1. The largest absolute Gasteiger partial charge is 0.483 e. The zero-order chi connectivity index (χ0) is 17.4. The monoisotopic (exact) mass is 329 g/mol. The fourth-order valence-electron chi connectivity index (χ4n) is 2.17. The summed E-state index contributed by atoms with van der Waals surface area (Å²) < 4.78 is 7.10. The number of benzene rings is 1. The molecule has 0 aliphatic rings. The Hall–Kier alpha value is -2.60. The Morgan fingerprint density at radius 1 is 1.25 bits per heavy atom. The van der Waals surface area contributed by atoms with Crippen molar-refractivity contribution < 1.29 is 9.53 Å². The SMILES string of the molecule is Cc1ccc(COc2cccn(CCC(=O)NCCN)c2=O)cc1. The van der Waals surface area contributed by atoms with Gasteiger partial charge in [-0.2, -0.15) is 0 Å². The number of amides is 1. The highest BCUT2D eigenvalue weighted by Crippen LogP contribution is 2.08. The van der Waals surface area contributed by atoms with Crippen LogP contribution in [0.15, 0.2) is 47.4 Å². The van der Waals surface area contributed by atoms with Crippen molar-refractivity contribution in [1.29, 1.82) is 0 Å². The number of nitrogens with two attached hydrogens (primary N) is 1. The Labute approximate surface area is 141 Å². The summed E-state index contributed by atoms with van der Waals surface area (Å²) in [5, 5.41) is 2.68. The number of hydrogen-bond acceptors (Lipinski definition) is 4. The zero-order valence-electron chi connectivity index (χ0n) is 13.8. The molecule has 0 aliphatic heterocycles. The average molecular weight is 329 g/mol. The summed E-state index contributed by atoms with van der Waals surface area (Å²) >= 11 is 0. The van der Waals surface area contributed by atoms with Gasteiger partial charge in [-0.1, -0.05) is 29.8 Å². The first-order chi connectivity index (χ1) is 11.6. The summed E-state index contributed by atoms with van der Waals surface area (Å²) in [5.74, 6) is 0.152. The van der Waals surface area contributed by atoms with Gasteiger partial charge in [-0.15, -0.1) is 0 Å². The van der Waals surface area contributed by atoms with E-state index in [1.807, 2.05) is 31.2 Å². The number of carbonyl (C=O) groups is 1. The molecule has 1 amide bonds. The number of aryl methyl sites for hydroxylation is 2. The molecule has 6 heteroatoms. The summed E-state index contributed by atoms with van der Waals surface area (Å²) in [5.41, 5.74) is 7.26. The van der Waals surface area contributed by atoms with E-state index in [0.717, 1.165) is 5.56 Å². The predicted octanol–water partition coefficient (Wildman–Crippen LogP) is 1.20. The van der Waals surface area contributed by atoms with Gasteiger partial charge in [0.05, 0.1) is 0 Å². The molecule has 0 radical (unpaired) electrons. The van der Waals surface area contributed by atoms with E-state index in [0.29, 0.717) is 26.2 Å². The maximum Gasteiger partial charge on any atom is 0.292 e. The lowest BCUT2D eigenvalue weighted by molar-refractivity contribution is -0.121. The number of nitrogens with zero attached hydrogens (tertiary/aromatic N) is 1. The second kappa shape index (κ2) is 8.88. The summed E-state index contributed by atoms with van der Waals surface area (Å²) in [6, 6.07) is 11.3. The van der Waals surface area contributed by atoms with Gasteiger partial charge in [-0.3, -0.25) is 9.59 Å². The quantitative estimate of drug-likeness (QED) is 0.762. The Kier molecular flexibility index (Phi) is 6.57. The van der Waals surface area contributed by atoms with Crippen molar-refractivity contribution in [2.24, 2.45) is 5.73 Å². The average Bonchev–Trinajstić information content (AvgIpc) is 2.59. The van der Waals surface area contributed by atoms with Gasteiger partial charge in [-0.05, 0) is 24.6 Å². The smallest absolute Gasteiger partial charge is 0.292 e. The molecule has 128 valence electrons. The Balaban J connectivity index is 1.95. The second-order valence-corrected chi connectivity index (χ2v) is 5.53. The molecule has 1 aromatic heterocycles. The summed E-state index contributed by atoms with van der Waals surface area (Å²) in [7, 11) is 0. The van der Waals surface area contributed by atoms with Crippen molar-refractivity contribution in [2.45, 2.75) is 26.5 Å². The number of ether oxygens (including phenoxy) is 1. The van der Waals surface area contributed by atoms with E-state index in [4.69, 9.17) is 10.5 Å². The number of hydrogen-bond donors (Lipinski definition) is 2. The van der Waals surface area contributed by atoms with Gasteiger partial charge in [0.15, 0.2) is 5.75 Å². The van der Waals surface area contributed by atoms with Crippen molar-refractivity contribution in [2.75, 3.05) is 13.1 Å². The summed E-state index contributed by atoms with van der Waals surface area (Å²) in [6.45, 7) is 3.49. The molecule has 0 saturated heterocycles. The number of rotatable bonds is 8. The molecule has 6 nitrogen and oxygen atoms in total. The fourth-order valence-corrected chi connectivity index (χ4v) is 2.17. The Morgan fingerprint density at radius 2 is 2.00 bits per heavy atom. The van der Waals surface area contributed by atoms with Crippen LogP contribution in [0.4, 0.5) is 0 Å². The lowest BCUT2D eigenvalue weighted by Crippen LogP contribution is -2.31. The van der Waals surface area contributed by atoms with Crippen molar-refractivity contribution in [3.05, 3.63) is 64.1 Å². The van der Waals surface area contributed by atoms with Gasteiger partial charge in [-0.25, -0.2) is 0 Å². The molecule has 1 aromatic carbocycles. The molecule has 24 heavy (non-hydrogen) atoms. The minimum absolute atomic E-state index is 0.127. The van der Waals surface area contributed by atoms with E-state index in [1.165, 1.54) is 10.1 Å². The van der Waals surface area contributed by atoms with Crippen LogP contribution in [0.3, 0.4) is 0 Å². The highest BCUT2D eigenvalue weighted by molar-refractivity contribution is 5.75. The van der Waals surface area contributed by atoms with E-state index in [1.54, 1.807) is 18.3 Å². The molecule has 3 N–H and O–H groups in total. The van der Waals surface area contributed by atoms with Gasteiger partial charge in [0.2, 0.25) is 5.91 Å². The first kappa shape index (κ1) is 17.7. The third-order valence-electron chi connectivity index (χ3n) is 3.55. The minimum atomic E-state index is -0.240. The van der Waals surface area contributed by atoms with E-state index >= 15 is 0 Å². The second-order valence-electron chi connectivity index (χ2n) is 5.53. The molecular formula is C18H23N3O3. The van der Waals surface area contributed by atoms with Gasteiger partial charge in [0.25, 0.3) is 5.56 Å². The third-order valence-corrected chi connectivity index (χ3v) is 3.55. The van der Waals surface area contributed by atoms with Crippen molar-refractivity contribution in [1.82, 2.24) is 9.88 Å². The molecule has 0 saturated carbocycles. The van der Waals surface area contributed by atoms with E-state index < -0.39 is 0 Å². The van der Waals surface area contributed by atoms with Crippen molar-refractivity contribution in [3.8, 4) is 5.75 Å². The lowest BCUT2D eigenvalue weighted by atomic mass is 10.2. The first-order valence-electron chi connectivity index (χ1n) is 7.94. The molecule has 2 rings (SSSR count). The first-order valence-corrected chi connectivity index (χ1v) is 7.94. The number of pyridine rings is 1. The van der Waals surface area contributed by atoms with Crippen LogP contribution in [0.2, 0.25) is 0 Å². The van der Waals surface area contributed by atoms with Gasteiger partial charge in [0.1, 0.15) is 6.61 Å². The predicted molar refractivity (Wildman–Crippen MR) is 92.9 cm³/mol. The third kappa shape index (κ3) is 5.24. The summed E-state index contributed by atoms with van der Waals surface area (Å²) in [6.07, 6.45) is 1.87. The molecular weight excluding hydrogens is 306 g/mol. The molecule has 0 atom stereocenters. The lowest BCUT2D eigenvalue weighted by Gasteiger charge is -2.10. The molecule has 0 spiro atoms. The van der Waals surface area contributed by atoms with Crippen LogP contribution in [-0.2, 0) is 17.9 Å². The fraction of sp³-hybridized carbons (Fsp3) is 0.333. The van der Waals surface area contributed by atoms with Crippen LogP contribution < -0.4 is 21.3 Å². The zero-order valence-corrected chi connectivity index (χ0v) is 13.8. The van der Waals surface area contributed by atoms with Crippen molar-refractivity contribution in [3.63, 3.8) is 0 Å². The highest BCUT2D eigenvalue weighted by Gasteiger charge is 2.07.